The predicted molar refractivity (Wildman–Crippen MR) is 111 cm³/mol. The zero-order valence-corrected chi connectivity index (χ0v) is 16.2. The molecular weight excluding hydrogens is 390 g/mol. The van der Waals surface area contributed by atoms with Crippen LogP contribution in [0.25, 0.3) is 10.8 Å². The molecule has 8 heteroatoms. The lowest BCUT2D eigenvalue weighted by Crippen LogP contribution is -2.30. The van der Waals surface area contributed by atoms with Gasteiger partial charge in [0.1, 0.15) is 23.3 Å². The van der Waals surface area contributed by atoms with E-state index < -0.39 is 0 Å². The van der Waals surface area contributed by atoms with Crippen LogP contribution in [0.3, 0.4) is 0 Å². The van der Waals surface area contributed by atoms with Gasteiger partial charge in [-0.15, -0.1) is 0 Å². The Morgan fingerprint density at radius 3 is 2.86 bits per heavy atom. The Hall–Kier alpha value is -3.16. The molecule has 7 nitrogen and oxygen atoms in total. The summed E-state index contributed by atoms with van der Waals surface area (Å²) in [4.78, 5) is 8.53. The number of nitrogens with zero attached hydrogens (tertiary/aromatic N) is 4. The summed E-state index contributed by atoms with van der Waals surface area (Å²) in [5.74, 6) is 1.55. The molecule has 0 spiro atoms. The second kappa shape index (κ2) is 7.69. The summed E-state index contributed by atoms with van der Waals surface area (Å²) in [7, 11) is 0. The van der Waals surface area contributed by atoms with Crippen molar-refractivity contribution in [1.82, 2.24) is 19.7 Å². The fourth-order valence-electron chi connectivity index (χ4n) is 3.13. The third kappa shape index (κ3) is 3.87. The van der Waals surface area contributed by atoms with Crippen molar-refractivity contribution >= 4 is 33.9 Å². The minimum Gasteiger partial charge on any atom is -0.489 e. The van der Waals surface area contributed by atoms with Crippen molar-refractivity contribution in [2.24, 2.45) is 0 Å². The predicted octanol–water partition coefficient (Wildman–Crippen LogP) is 4.37. The Bertz CT molecular complexity index is 1140. The molecule has 0 atom stereocenters. The average molecular weight is 408 g/mol. The van der Waals surface area contributed by atoms with Crippen molar-refractivity contribution < 1.29 is 9.47 Å². The van der Waals surface area contributed by atoms with Gasteiger partial charge in [0.2, 0.25) is 0 Å². The van der Waals surface area contributed by atoms with E-state index in [0.717, 1.165) is 46.8 Å². The number of aromatic nitrogens is 4. The van der Waals surface area contributed by atoms with E-state index in [0.29, 0.717) is 17.8 Å². The maximum absolute atomic E-state index is 5.97. The SMILES string of the molecule is Clc1ccc(Nc2nccc3cc(OCc4cnn(C5COC5)c4)ccc23)cn1. The molecule has 1 aliphatic heterocycles. The first kappa shape index (κ1) is 17.9. The summed E-state index contributed by atoms with van der Waals surface area (Å²) < 4.78 is 13.1. The lowest BCUT2D eigenvalue weighted by atomic mass is 10.1. The van der Waals surface area contributed by atoms with Crippen LogP contribution in [-0.4, -0.2) is 33.0 Å². The summed E-state index contributed by atoms with van der Waals surface area (Å²) >= 11 is 5.85. The number of pyridine rings is 2. The normalized spacial score (nSPS) is 14.0. The molecule has 0 amide bonds. The summed E-state index contributed by atoms with van der Waals surface area (Å²) in [6.07, 6.45) is 7.30. The van der Waals surface area contributed by atoms with E-state index in [9.17, 15) is 0 Å². The van der Waals surface area contributed by atoms with Gasteiger partial charge < -0.3 is 14.8 Å². The van der Waals surface area contributed by atoms with Gasteiger partial charge in [-0.05, 0) is 41.8 Å². The highest BCUT2D eigenvalue weighted by Gasteiger charge is 2.21. The first-order chi connectivity index (χ1) is 14.2. The number of benzene rings is 1. The van der Waals surface area contributed by atoms with Crippen molar-refractivity contribution in [2.75, 3.05) is 18.5 Å². The Balaban J connectivity index is 1.31. The molecule has 0 bridgehead atoms. The van der Waals surface area contributed by atoms with Gasteiger partial charge in [0.25, 0.3) is 0 Å². The second-order valence-electron chi connectivity index (χ2n) is 6.85. The molecule has 0 radical (unpaired) electrons. The quantitative estimate of drug-likeness (QED) is 0.478. The van der Waals surface area contributed by atoms with E-state index >= 15 is 0 Å². The number of ether oxygens (including phenoxy) is 2. The third-order valence-corrected chi connectivity index (χ3v) is 5.00. The number of hydrogen-bond acceptors (Lipinski definition) is 6. The molecule has 1 saturated heterocycles. The van der Waals surface area contributed by atoms with Crippen molar-refractivity contribution in [3.8, 4) is 5.75 Å². The van der Waals surface area contributed by atoms with Crippen LogP contribution in [0, 0.1) is 0 Å². The number of fused-ring (bicyclic) bond motifs is 1. The van der Waals surface area contributed by atoms with Crippen molar-refractivity contribution in [3.05, 3.63) is 71.9 Å². The maximum Gasteiger partial charge on any atom is 0.138 e. The zero-order chi connectivity index (χ0) is 19.6. The third-order valence-electron chi connectivity index (χ3n) is 4.78. The van der Waals surface area contributed by atoms with E-state index in [2.05, 4.69) is 20.4 Å². The van der Waals surface area contributed by atoms with E-state index in [-0.39, 0.29) is 0 Å². The van der Waals surface area contributed by atoms with E-state index in [1.165, 1.54) is 0 Å². The highest BCUT2D eigenvalue weighted by atomic mass is 35.5. The molecule has 0 aliphatic carbocycles. The molecule has 29 heavy (non-hydrogen) atoms. The van der Waals surface area contributed by atoms with E-state index in [4.69, 9.17) is 21.1 Å². The number of halogens is 1. The minimum absolute atomic E-state index is 0.346. The van der Waals surface area contributed by atoms with Crippen molar-refractivity contribution in [3.63, 3.8) is 0 Å². The van der Waals surface area contributed by atoms with Gasteiger partial charge in [0.15, 0.2) is 0 Å². The summed E-state index contributed by atoms with van der Waals surface area (Å²) in [5.41, 5.74) is 1.85. The molecular formula is C21H18ClN5O2. The van der Waals surface area contributed by atoms with Gasteiger partial charge in [-0.3, -0.25) is 4.68 Å². The van der Waals surface area contributed by atoms with Gasteiger partial charge in [-0.25, -0.2) is 9.97 Å². The lowest BCUT2D eigenvalue weighted by molar-refractivity contribution is -0.0287. The van der Waals surface area contributed by atoms with Gasteiger partial charge in [0, 0.05) is 23.3 Å². The van der Waals surface area contributed by atoms with Gasteiger partial charge in [-0.1, -0.05) is 11.6 Å². The highest BCUT2D eigenvalue weighted by molar-refractivity contribution is 6.29. The number of anilines is 2. The van der Waals surface area contributed by atoms with Gasteiger partial charge in [0.05, 0.1) is 37.3 Å². The molecule has 0 saturated carbocycles. The molecule has 1 fully saturated rings. The van der Waals surface area contributed by atoms with Crippen LogP contribution in [0.4, 0.5) is 11.5 Å². The summed E-state index contributed by atoms with van der Waals surface area (Å²) in [6, 6.07) is 11.9. The summed E-state index contributed by atoms with van der Waals surface area (Å²) in [5, 5.41) is 10.1. The topological polar surface area (TPSA) is 74.1 Å². The van der Waals surface area contributed by atoms with Crippen LogP contribution in [0.2, 0.25) is 5.15 Å². The molecule has 4 heterocycles. The molecule has 1 N–H and O–H groups in total. The monoisotopic (exact) mass is 407 g/mol. The molecule has 146 valence electrons. The first-order valence-electron chi connectivity index (χ1n) is 9.25. The molecule has 3 aromatic heterocycles. The fraction of sp³-hybridized carbons (Fsp3) is 0.190. The van der Waals surface area contributed by atoms with Crippen molar-refractivity contribution in [1.29, 1.82) is 0 Å². The Morgan fingerprint density at radius 2 is 2.07 bits per heavy atom. The number of rotatable bonds is 6. The van der Waals surface area contributed by atoms with Crippen molar-refractivity contribution in [2.45, 2.75) is 12.6 Å². The zero-order valence-electron chi connectivity index (χ0n) is 15.5. The van der Waals surface area contributed by atoms with Crippen LogP contribution in [0.15, 0.2) is 61.2 Å². The Labute approximate surface area is 172 Å². The van der Waals surface area contributed by atoms with Gasteiger partial charge >= 0.3 is 0 Å². The van der Waals surface area contributed by atoms with E-state index in [1.807, 2.05) is 47.4 Å². The highest BCUT2D eigenvalue weighted by Crippen LogP contribution is 2.28. The molecule has 0 unspecified atom stereocenters. The number of hydrogen-bond donors (Lipinski definition) is 1. The minimum atomic E-state index is 0.346. The molecule has 1 aliphatic rings. The summed E-state index contributed by atoms with van der Waals surface area (Å²) in [6.45, 7) is 1.91. The largest absolute Gasteiger partial charge is 0.489 e. The maximum atomic E-state index is 5.97. The Morgan fingerprint density at radius 1 is 1.14 bits per heavy atom. The molecule has 4 aromatic rings. The van der Waals surface area contributed by atoms with Gasteiger partial charge in [-0.2, -0.15) is 5.10 Å². The Kier molecular flexibility index (Phi) is 4.75. The van der Waals surface area contributed by atoms with Crippen LogP contribution in [0.1, 0.15) is 11.6 Å². The average Bonchev–Trinajstić information content (AvgIpc) is 3.15. The molecule has 5 rings (SSSR count). The van der Waals surface area contributed by atoms with Crippen LogP contribution < -0.4 is 10.1 Å². The van der Waals surface area contributed by atoms with Crippen LogP contribution in [-0.2, 0) is 11.3 Å². The lowest BCUT2D eigenvalue weighted by Gasteiger charge is -2.25. The van der Waals surface area contributed by atoms with E-state index in [1.54, 1.807) is 18.5 Å². The molecule has 1 aromatic carbocycles. The van der Waals surface area contributed by atoms with Crippen LogP contribution in [0.5, 0.6) is 5.75 Å². The first-order valence-corrected chi connectivity index (χ1v) is 9.63. The fourth-order valence-corrected chi connectivity index (χ4v) is 3.24. The number of nitrogens with one attached hydrogen (secondary N) is 1. The smallest absolute Gasteiger partial charge is 0.138 e. The second-order valence-corrected chi connectivity index (χ2v) is 7.23. The standard InChI is InChI=1S/C21H18ClN5O2/c22-20-4-1-16(9-24-20)26-21-19-3-2-18(7-15(19)5-6-23-21)29-11-14-8-25-27(10-14)17-12-28-13-17/h1-10,17H,11-13H2,(H,23,26). The van der Waals surface area contributed by atoms with Crippen LogP contribution >= 0.6 is 11.6 Å².